The topological polar surface area (TPSA) is 35.5 Å². The van der Waals surface area contributed by atoms with E-state index >= 15 is 0 Å². The van der Waals surface area contributed by atoms with E-state index < -0.39 is 5.60 Å². The molecule has 2 aromatic rings. The van der Waals surface area contributed by atoms with E-state index in [0.29, 0.717) is 0 Å². The number of nitrogens with one attached hydrogen (secondary N) is 1. The minimum atomic E-state index is -0.627. The van der Waals surface area contributed by atoms with Crippen molar-refractivity contribution in [3.63, 3.8) is 0 Å². The zero-order valence-electron chi connectivity index (χ0n) is 17.4. The van der Waals surface area contributed by atoms with E-state index in [-0.39, 0.29) is 30.7 Å². The largest absolute Gasteiger partial charge is 0.389 e. The molecule has 3 nitrogen and oxygen atoms in total. The van der Waals surface area contributed by atoms with Crippen LogP contribution in [0.1, 0.15) is 43.6 Å². The highest BCUT2D eigenvalue weighted by molar-refractivity contribution is 6.30. The maximum absolute atomic E-state index is 11.8. The third-order valence-electron chi connectivity index (χ3n) is 6.49. The molecule has 1 aliphatic carbocycles. The molecule has 4 rings (SSSR count). The summed E-state index contributed by atoms with van der Waals surface area (Å²) in [5, 5.41) is 16.0. The van der Waals surface area contributed by atoms with Gasteiger partial charge >= 0.3 is 0 Å². The average molecular weight is 472 g/mol. The van der Waals surface area contributed by atoms with E-state index in [4.69, 9.17) is 11.6 Å². The highest BCUT2D eigenvalue weighted by Gasteiger charge is 2.40. The van der Waals surface area contributed by atoms with E-state index in [1.54, 1.807) is 0 Å². The SMILES string of the molecule is Cl.Cl.OC1(C(CN2CCNCC2)c2ccccc2-c2cccc(Cl)c2)CCCCC1. The molecule has 1 atom stereocenters. The van der Waals surface area contributed by atoms with Gasteiger partial charge in [-0.15, -0.1) is 24.8 Å². The number of aliphatic hydroxyl groups is 1. The number of hydrogen-bond donors (Lipinski definition) is 2. The molecule has 2 aromatic carbocycles. The summed E-state index contributed by atoms with van der Waals surface area (Å²) >= 11 is 6.29. The predicted octanol–water partition coefficient (Wildman–Crippen LogP) is 5.53. The van der Waals surface area contributed by atoms with Gasteiger partial charge in [-0.3, -0.25) is 0 Å². The van der Waals surface area contributed by atoms with Crippen LogP contribution in [0.3, 0.4) is 0 Å². The maximum atomic E-state index is 11.8. The molecule has 1 saturated heterocycles. The summed E-state index contributed by atoms with van der Waals surface area (Å²) in [7, 11) is 0. The maximum Gasteiger partial charge on any atom is 0.0728 e. The molecule has 0 spiro atoms. The molecule has 1 unspecified atom stereocenters. The van der Waals surface area contributed by atoms with Gasteiger partial charge in [-0.25, -0.2) is 0 Å². The van der Waals surface area contributed by atoms with Crippen LogP contribution >= 0.6 is 36.4 Å². The first-order valence-corrected chi connectivity index (χ1v) is 11.0. The van der Waals surface area contributed by atoms with E-state index in [1.807, 2.05) is 18.2 Å². The summed E-state index contributed by atoms with van der Waals surface area (Å²) < 4.78 is 0. The van der Waals surface area contributed by atoms with Crippen LogP contribution in [0.4, 0.5) is 0 Å². The molecule has 1 aliphatic heterocycles. The lowest BCUT2D eigenvalue weighted by atomic mass is 9.71. The predicted molar refractivity (Wildman–Crippen MR) is 131 cm³/mol. The number of piperazine rings is 1. The summed E-state index contributed by atoms with van der Waals surface area (Å²) in [4.78, 5) is 2.52. The first kappa shape index (κ1) is 25.5. The van der Waals surface area contributed by atoms with Crippen LogP contribution in [0.5, 0.6) is 0 Å². The van der Waals surface area contributed by atoms with E-state index in [0.717, 1.165) is 69.0 Å². The molecule has 0 amide bonds. The first-order valence-electron chi connectivity index (χ1n) is 10.7. The first-order chi connectivity index (χ1) is 13.7. The Morgan fingerprint density at radius 3 is 2.37 bits per heavy atom. The number of halogens is 3. The zero-order valence-corrected chi connectivity index (χ0v) is 19.7. The number of benzene rings is 2. The van der Waals surface area contributed by atoms with Gasteiger partial charge in [0.25, 0.3) is 0 Å². The lowest BCUT2D eigenvalue weighted by Crippen LogP contribution is -2.49. The molecule has 2 aliphatic rings. The van der Waals surface area contributed by atoms with Gasteiger partial charge in [-0.05, 0) is 41.7 Å². The fourth-order valence-electron chi connectivity index (χ4n) is 4.94. The van der Waals surface area contributed by atoms with Crippen molar-refractivity contribution in [1.29, 1.82) is 0 Å². The van der Waals surface area contributed by atoms with Crippen molar-refractivity contribution in [3.05, 3.63) is 59.1 Å². The Bertz CT molecular complexity index is 790. The van der Waals surface area contributed by atoms with Crippen LogP contribution in [-0.4, -0.2) is 48.3 Å². The summed E-state index contributed by atoms with van der Waals surface area (Å²) in [5.74, 6) is 0.112. The number of hydrogen-bond acceptors (Lipinski definition) is 3. The van der Waals surface area contributed by atoms with Crippen molar-refractivity contribution in [3.8, 4) is 11.1 Å². The molecule has 1 heterocycles. The van der Waals surface area contributed by atoms with Crippen molar-refractivity contribution in [1.82, 2.24) is 10.2 Å². The van der Waals surface area contributed by atoms with Crippen molar-refractivity contribution in [2.24, 2.45) is 0 Å². The van der Waals surface area contributed by atoms with Gasteiger partial charge < -0.3 is 15.3 Å². The molecule has 0 radical (unpaired) electrons. The van der Waals surface area contributed by atoms with Gasteiger partial charge in [0.15, 0.2) is 0 Å². The molecule has 166 valence electrons. The van der Waals surface area contributed by atoms with Crippen molar-refractivity contribution >= 4 is 36.4 Å². The van der Waals surface area contributed by atoms with Crippen LogP contribution in [-0.2, 0) is 0 Å². The van der Waals surface area contributed by atoms with E-state index in [2.05, 4.69) is 40.5 Å². The fourth-order valence-corrected chi connectivity index (χ4v) is 5.13. The molecule has 2 fully saturated rings. The van der Waals surface area contributed by atoms with E-state index in [1.165, 1.54) is 17.5 Å². The van der Waals surface area contributed by atoms with Crippen LogP contribution in [0.2, 0.25) is 5.02 Å². The van der Waals surface area contributed by atoms with Crippen LogP contribution in [0.25, 0.3) is 11.1 Å². The molecule has 30 heavy (non-hydrogen) atoms. The smallest absolute Gasteiger partial charge is 0.0728 e. The molecular formula is C24H33Cl3N2O. The summed E-state index contributed by atoms with van der Waals surface area (Å²) in [6.45, 7) is 5.07. The Morgan fingerprint density at radius 1 is 0.967 bits per heavy atom. The Balaban J connectivity index is 0.00000160. The second-order valence-corrected chi connectivity index (χ2v) is 8.80. The highest BCUT2D eigenvalue weighted by atomic mass is 35.5. The number of nitrogens with zero attached hydrogens (tertiary/aromatic N) is 1. The third kappa shape index (κ3) is 5.91. The quantitative estimate of drug-likeness (QED) is 0.601. The van der Waals surface area contributed by atoms with Crippen LogP contribution in [0.15, 0.2) is 48.5 Å². The summed E-state index contributed by atoms with van der Waals surface area (Å²) in [6, 6.07) is 16.7. The summed E-state index contributed by atoms with van der Waals surface area (Å²) in [6.07, 6.45) is 5.27. The van der Waals surface area contributed by atoms with Gasteiger partial charge in [-0.2, -0.15) is 0 Å². The Labute approximate surface area is 198 Å². The third-order valence-corrected chi connectivity index (χ3v) is 6.73. The second kappa shape index (κ2) is 11.7. The Kier molecular flexibility index (Phi) is 9.93. The molecule has 0 bridgehead atoms. The molecule has 2 N–H and O–H groups in total. The van der Waals surface area contributed by atoms with Crippen LogP contribution < -0.4 is 5.32 Å². The van der Waals surface area contributed by atoms with Crippen molar-refractivity contribution in [2.75, 3.05) is 32.7 Å². The molecule has 1 saturated carbocycles. The minimum absolute atomic E-state index is 0. The second-order valence-electron chi connectivity index (χ2n) is 8.37. The van der Waals surface area contributed by atoms with Gasteiger partial charge in [0.05, 0.1) is 5.60 Å². The lowest BCUT2D eigenvalue weighted by Gasteiger charge is -2.43. The average Bonchev–Trinajstić information content (AvgIpc) is 2.73. The monoisotopic (exact) mass is 470 g/mol. The Morgan fingerprint density at radius 2 is 1.67 bits per heavy atom. The lowest BCUT2D eigenvalue weighted by molar-refractivity contribution is -0.0315. The molecule has 6 heteroatoms. The fraction of sp³-hybridized carbons (Fsp3) is 0.500. The van der Waals surface area contributed by atoms with Gasteiger partial charge in [0.1, 0.15) is 0 Å². The molecular weight excluding hydrogens is 439 g/mol. The van der Waals surface area contributed by atoms with E-state index in [9.17, 15) is 5.11 Å². The van der Waals surface area contributed by atoms with Crippen molar-refractivity contribution < 1.29 is 5.11 Å². The molecule has 0 aromatic heterocycles. The van der Waals surface area contributed by atoms with Crippen molar-refractivity contribution in [2.45, 2.75) is 43.6 Å². The normalized spacial score (nSPS) is 19.9. The van der Waals surface area contributed by atoms with Crippen LogP contribution in [0, 0.1) is 0 Å². The highest BCUT2D eigenvalue weighted by Crippen LogP contribution is 2.43. The minimum Gasteiger partial charge on any atom is -0.389 e. The van der Waals surface area contributed by atoms with Gasteiger partial charge in [0, 0.05) is 43.7 Å². The van der Waals surface area contributed by atoms with Gasteiger partial charge in [0.2, 0.25) is 0 Å². The van der Waals surface area contributed by atoms with Gasteiger partial charge in [-0.1, -0.05) is 67.3 Å². The number of rotatable bonds is 5. The Hall–Kier alpha value is -0.810. The summed E-state index contributed by atoms with van der Waals surface area (Å²) in [5.41, 5.74) is 2.96. The standard InChI is InChI=1S/C24H31ClN2O.2ClH/c25-20-8-6-7-19(17-20)21-9-2-3-10-22(21)23(18-27-15-13-26-14-16-27)24(28)11-4-1-5-12-24;;/h2-3,6-10,17,23,26,28H,1,4-5,11-16,18H2;2*1H. The zero-order chi connectivity index (χ0) is 19.4.